The minimum Gasteiger partial charge on any atom is -0.406 e. The number of ether oxygens (including phenoxy) is 1. The molecule has 0 spiro atoms. The van der Waals surface area contributed by atoms with Crippen LogP contribution >= 0.6 is 23.6 Å². The third kappa shape index (κ3) is 5.02. The second-order valence-corrected chi connectivity index (χ2v) is 6.57. The number of aromatic nitrogens is 1. The number of thiocarbonyl (C=S) groups is 1. The first-order chi connectivity index (χ1) is 12.3. The summed E-state index contributed by atoms with van der Waals surface area (Å²) >= 11 is 6.30. The standard InChI is InChI=1S/C16H11F4N3OS2/c17-10-3-1-9(2-4-10)8-21-14(25)23-15-22-12-6-5-11(7-13(12)26-15)24-16(18,19)20/h1-7H,8H2,(H2,21,22,23,25). The molecule has 1 aromatic heterocycles. The Morgan fingerprint density at radius 1 is 1.15 bits per heavy atom. The van der Waals surface area contributed by atoms with Crippen molar-refractivity contribution in [2.24, 2.45) is 0 Å². The predicted octanol–water partition coefficient (Wildman–Crippen LogP) is 4.82. The fourth-order valence-electron chi connectivity index (χ4n) is 2.08. The number of rotatable bonds is 4. The molecule has 0 aliphatic heterocycles. The van der Waals surface area contributed by atoms with Crippen molar-refractivity contribution < 1.29 is 22.3 Å². The van der Waals surface area contributed by atoms with Crippen LogP contribution in [-0.4, -0.2) is 16.5 Å². The second-order valence-electron chi connectivity index (χ2n) is 5.13. The fourth-order valence-corrected chi connectivity index (χ4v) is 3.21. The van der Waals surface area contributed by atoms with Crippen molar-refractivity contribution in [1.29, 1.82) is 0 Å². The number of hydrogen-bond acceptors (Lipinski definition) is 4. The van der Waals surface area contributed by atoms with Gasteiger partial charge in [0.1, 0.15) is 11.6 Å². The molecule has 0 amide bonds. The van der Waals surface area contributed by atoms with Crippen LogP contribution in [0.3, 0.4) is 0 Å². The number of fused-ring (bicyclic) bond motifs is 1. The molecule has 0 bridgehead atoms. The van der Waals surface area contributed by atoms with E-state index < -0.39 is 6.36 Å². The van der Waals surface area contributed by atoms with E-state index in [1.165, 1.54) is 30.3 Å². The van der Waals surface area contributed by atoms with E-state index in [0.717, 1.165) is 16.9 Å². The van der Waals surface area contributed by atoms with Gasteiger partial charge in [-0.1, -0.05) is 23.5 Å². The minimum absolute atomic E-state index is 0.292. The highest BCUT2D eigenvalue weighted by Gasteiger charge is 2.31. The Labute approximate surface area is 154 Å². The summed E-state index contributed by atoms with van der Waals surface area (Å²) < 4.78 is 54.1. The van der Waals surface area contributed by atoms with Crippen molar-refractivity contribution >= 4 is 44.0 Å². The highest BCUT2D eigenvalue weighted by atomic mass is 32.1. The molecule has 0 fully saturated rings. The van der Waals surface area contributed by atoms with Crippen LogP contribution in [0.1, 0.15) is 5.56 Å². The van der Waals surface area contributed by atoms with Gasteiger partial charge in [-0.25, -0.2) is 9.37 Å². The molecule has 10 heteroatoms. The van der Waals surface area contributed by atoms with E-state index in [9.17, 15) is 17.6 Å². The first-order valence-electron chi connectivity index (χ1n) is 7.24. The quantitative estimate of drug-likeness (QED) is 0.485. The smallest absolute Gasteiger partial charge is 0.406 e. The molecule has 26 heavy (non-hydrogen) atoms. The Hall–Kier alpha value is -2.46. The molecule has 136 valence electrons. The van der Waals surface area contributed by atoms with Crippen molar-refractivity contribution in [1.82, 2.24) is 10.3 Å². The lowest BCUT2D eigenvalue weighted by Gasteiger charge is -2.08. The molecule has 0 saturated carbocycles. The molecular formula is C16H11F4N3OS2. The van der Waals surface area contributed by atoms with Gasteiger partial charge in [0.25, 0.3) is 0 Å². The van der Waals surface area contributed by atoms with Crippen LogP contribution in [0, 0.1) is 5.82 Å². The molecule has 0 aliphatic rings. The number of anilines is 1. The van der Waals surface area contributed by atoms with E-state index in [2.05, 4.69) is 20.4 Å². The summed E-state index contributed by atoms with van der Waals surface area (Å²) in [6.45, 7) is 0.389. The molecule has 0 unspecified atom stereocenters. The summed E-state index contributed by atoms with van der Waals surface area (Å²) in [5, 5.41) is 6.54. The molecule has 3 rings (SSSR count). The maximum Gasteiger partial charge on any atom is 0.573 e. The van der Waals surface area contributed by atoms with Gasteiger partial charge in [-0.3, -0.25) is 0 Å². The Morgan fingerprint density at radius 2 is 1.88 bits per heavy atom. The maximum absolute atomic E-state index is 12.9. The van der Waals surface area contributed by atoms with Gasteiger partial charge in [0, 0.05) is 12.6 Å². The number of alkyl halides is 3. The highest BCUT2D eigenvalue weighted by Crippen LogP contribution is 2.31. The van der Waals surface area contributed by atoms with Gasteiger partial charge in [-0.2, -0.15) is 0 Å². The van der Waals surface area contributed by atoms with Crippen molar-refractivity contribution in [2.75, 3.05) is 5.32 Å². The Morgan fingerprint density at radius 3 is 2.58 bits per heavy atom. The molecule has 4 nitrogen and oxygen atoms in total. The number of benzene rings is 2. The summed E-state index contributed by atoms with van der Waals surface area (Å²) in [6.07, 6.45) is -4.74. The third-order valence-electron chi connectivity index (χ3n) is 3.18. The number of hydrogen-bond donors (Lipinski definition) is 2. The average Bonchev–Trinajstić information content (AvgIpc) is 2.94. The summed E-state index contributed by atoms with van der Waals surface area (Å²) in [4.78, 5) is 4.25. The van der Waals surface area contributed by atoms with Gasteiger partial charge in [0.2, 0.25) is 0 Å². The molecular weight excluding hydrogens is 390 g/mol. The molecule has 3 aromatic rings. The number of halogens is 4. The summed E-state index contributed by atoms with van der Waals surface area (Å²) in [5.41, 5.74) is 1.36. The van der Waals surface area contributed by atoms with Gasteiger partial charge < -0.3 is 15.4 Å². The van der Waals surface area contributed by atoms with Gasteiger partial charge in [0.15, 0.2) is 10.2 Å². The molecule has 0 saturated heterocycles. The highest BCUT2D eigenvalue weighted by molar-refractivity contribution is 7.80. The van der Waals surface area contributed by atoms with Crippen molar-refractivity contribution in [3.63, 3.8) is 0 Å². The monoisotopic (exact) mass is 401 g/mol. The molecule has 0 radical (unpaired) electrons. The zero-order valence-corrected chi connectivity index (χ0v) is 14.6. The van der Waals surface area contributed by atoms with Gasteiger partial charge >= 0.3 is 6.36 Å². The second kappa shape index (κ2) is 7.42. The first-order valence-corrected chi connectivity index (χ1v) is 8.47. The van der Waals surface area contributed by atoms with Crippen molar-refractivity contribution in [2.45, 2.75) is 12.9 Å². The predicted molar refractivity (Wildman–Crippen MR) is 95.8 cm³/mol. The van der Waals surface area contributed by atoms with E-state index in [0.29, 0.717) is 27.0 Å². The van der Waals surface area contributed by atoms with Crippen molar-refractivity contribution in [3.05, 3.63) is 53.8 Å². The van der Waals surface area contributed by atoms with Gasteiger partial charge in [-0.15, -0.1) is 13.2 Å². The lowest BCUT2D eigenvalue weighted by Crippen LogP contribution is -2.27. The van der Waals surface area contributed by atoms with Crippen LogP contribution in [0.15, 0.2) is 42.5 Å². The third-order valence-corrected chi connectivity index (χ3v) is 4.36. The molecule has 1 heterocycles. The molecule has 0 aliphatic carbocycles. The molecule has 2 N–H and O–H groups in total. The van der Waals surface area contributed by atoms with Crippen LogP contribution in [0.4, 0.5) is 22.7 Å². The van der Waals surface area contributed by atoms with Crippen LogP contribution < -0.4 is 15.4 Å². The van der Waals surface area contributed by atoms with Gasteiger partial charge in [-0.05, 0) is 42.0 Å². The normalized spacial score (nSPS) is 11.4. The SMILES string of the molecule is Fc1ccc(CNC(=S)Nc2nc3ccc(OC(F)(F)F)cc3s2)cc1. The summed E-state index contributed by atoms with van der Waals surface area (Å²) in [5.74, 6) is -0.630. The van der Waals surface area contributed by atoms with Gasteiger partial charge in [0.05, 0.1) is 10.2 Å². The number of nitrogens with one attached hydrogen (secondary N) is 2. The topological polar surface area (TPSA) is 46.2 Å². The first kappa shape index (κ1) is 18.3. The Kier molecular flexibility index (Phi) is 5.23. The lowest BCUT2D eigenvalue weighted by atomic mass is 10.2. The van der Waals surface area contributed by atoms with E-state index >= 15 is 0 Å². The number of thiazole rings is 1. The minimum atomic E-state index is -4.74. The van der Waals surface area contributed by atoms with Crippen molar-refractivity contribution in [3.8, 4) is 5.75 Å². The largest absolute Gasteiger partial charge is 0.573 e. The summed E-state index contributed by atoms with van der Waals surface area (Å²) in [6, 6.07) is 9.86. The Bertz CT molecular complexity index is 925. The number of nitrogens with zero attached hydrogens (tertiary/aromatic N) is 1. The fraction of sp³-hybridized carbons (Fsp3) is 0.125. The molecule has 2 aromatic carbocycles. The molecule has 0 atom stereocenters. The van der Waals surface area contributed by atoms with E-state index in [1.54, 1.807) is 12.1 Å². The van der Waals surface area contributed by atoms with Crippen LogP contribution in [0.5, 0.6) is 5.75 Å². The lowest BCUT2D eigenvalue weighted by molar-refractivity contribution is -0.274. The zero-order valence-electron chi connectivity index (χ0n) is 12.9. The van der Waals surface area contributed by atoms with Crippen LogP contribution in [0.2, 0.25) is 0 Å². The average molecular weight is 401 g/mol. The summed E-state index contributed by atoms with van der Waals surface area (Å²) in [7, 11) is 0. The van der Waals surface area contributed by atoms with E-state index in [1.807, 2.05) is 0 Å². The van der Waals surface area contributed by atoms with E-state index in [-0.39, 0.29) is 11.6 Å². The maximum atomic E-state index is 12.9. The zero-order chi connectivity index (χ0) is 18.7. The van der Waals surface area contributed by atoms with Crippen LogP contribution in [-0.2, 0) is 6.54 Å². The Balaban J connectivity index is 1.62. The van der Waals surface area contributed by atoms with E-state index in [4.69, 9.17) is 12.2 Å². The van der Waals surface area contributed by atoms with Crippen LogP contribution in [0.25, 0.3) is 10.2 Å².